The molecule has 1 aromatic carbocycles. The van der Waals surface area contributed by atoms with E-state index in [-0.39, 0.29) is 5.54 Å². The fourth-order valence-electron chi connectivity index (χ4n) is 4.21. The molecule has 3 aliphatic carbocycles. The molecule has 0 radical (unpaired) electrons. The molecule has 3 saturated carbocycles. The van der Waals surface area contributed by atoms with Crippen molar-refractivity contribution in [1.29, 1.82) is 0 Å². The van der Waals surface area contributed by atoms with Gasteiger partial charge in [-0.25, -0.2) is 0 Å². The van der Waals surface area contributed by atoms with Gasteiger partial charge in [0.25, 0.3) is 0 Å². The first-order chi connectivity index (χ1) is 9.07. The van der Waals surface area contributed by atoms with Crippen LogP contribution >= 0.6 is 0 Å². The number of nitrogens with two attached hydrogens (primary N) is 1. The SMILES string of the molecule is Cc1ccc(OC2CCN(C34CC(N)(C3)C4)C2)cc1. The Hall–Kier alpha value is -1.06. The van der Waals surface area contributed by atoms with E-state index >= 15 is 0 Å². The summed E-state index contributed by atoms with van der Waals surface area (Å²) in [4.78, 5) is 2.63. The van der Waals surface area contributed by atoms with Crippen LogP contribution in [0.3, 0.4) is 0 Å². The molecule has 1 saturated heterocycles. The van der Waals surface area contributed by atoms with Gasteiger partial charge in [0.1, 0.15) is 11.9 Å². The molecule has 0 spiro atoms. The Labute approximate surface area is 114 Å². The molecule has 1 unspecified atom stereocenters. The van der Waals surface area contributed by atoms with E-state index in [4.69, 9.17) is 10.5 Å². The third kappa shape index (κ3) is 1.79. The summed E-state index contributed by atoms with van der Waals surface area (Å²) < 4.78 is 6.09. The third-order valence-corrected chi connectivity index (χ3v) is 5.18. The van der Waals surface area contributed by atoms with Crippen LogP contribution in [-0.4, -0.2) is 35.2 Å². The lowest BCUT2D eigenvalue weighted by Crippen LogP contribution is -2.81. The highest BCUT2D eigenvalue weighted by atomic mass is 16.5. The first kappa shape index (κ1) is 11.7. The van der Waals surface area contributed by atoms with Gasteiger partial charge >= 0.3 is 0 Å². The van der Waals surface area contributed by atoms with Crippen molar-refractivity contribution in [2.45, 2.75) is 49.8 Å². The lowest BCUT2D eigenvalue weighted by molar-refractivity contribution is -0.155. The minimum Gasteiger partial charge on any atom is -0.489 e. The van der Waals surface area contributed by atoms with Crippen LogP contribution in [0.25, 0.3) is 0 Å². The van der Waals surface area contributed by atoms with E-state index in [1.165, 1.54) is 31.4 Å². The minimum absolute atomic E-state index is 0.204. The maximum Gasteiger partial charge on any atom is 0.119 e. The molecule has 1 aromatic rings. The Balaban J connectivity index is 1.36. The van der Waals surface area contributed by atoms with Crippen LogP contribution in [-0.2, 0) is 0 Å². The number of nitrogens with zero attached hydrogens (tertiary/aromatic N) is 1. The van der Waals surface area contributed by atoms with E-state index in [2.05, 4.69) is 36.1 Å². The summed E-state index contributed by atoms with van der Waals surface area (Å²) >= 11 is 0. The van der Waals surface area contributed by atoms with E-state index in [1.807, 2.05) is 0 Å². The highest BCUT2D eigenvalue weighted by Gasteiger charge is 2.68. The monoisotopic (exact) mass is 258 g/mol. The molecule has 4 fully saturated rings. The van der Waals surface area contributed by atoms with Crippen LogP contribution in [0.5, 0.6) is 5.75 Å². The van der Waals surface area contributed by atoms with E-state index in [0.29, 0.717) is 11.6 Å². The Bertz CT molecular complexity index is 476. The molecule has 4 aliphatic rings. The molecule has 102 valence electrons. The van der Waals surface area contributed by atoms with Gasteiger partial charge in [-0.1, -0.05) is 17.7 Å². The third-order valence-electron chi connectivity index (χ3n) is 5.18. The molecule has 1 aliphatic heterocycles. The number of hydrogen-bond acceptors (Lipinski definition) is 3. The quantitative estimate of drug-likeness (QED) is 0.902. The molecule has 3 heteroatoms. The molecule has 2 bridgehead atoms. The summed E-state index contributed by atoms with van der Waals surface area (Å²) in [7, 11) is 0. The second-order valence-corrected chi connectivity index (χ2v) is 6.90. The molecule has 5 rings (SSSR count). The summed E-state index contributed by atoms with van der Waals surface area (Å²) in [6.45, 7) is 4.35. The van der Waals surface area contributed by atoms with Crippen molar-refractivity contribution >= 4 is 0 Å². The first-order valence-corrected chi connectivity index (χ1v) is 7.34. The van der Waals surface area contributed by atoms with Crippen molar-refractivity contribution in [1.82, 2.24) is 4.90 Å². The standard InChI is InChI=1S/C16H22N2O/c1-12-2-4-13(5-3-12)19-14-6-7-18(8-14)16-9-15(17,10-16)11-16/h2-5,14H,6-11,17H2,1H3. The van der Waals surface area contributed by atoms with Gasteiger partial charge in [0.05, 0.1) is 0 Å². The van der Waals surface area contributed by atoms with Crippen molar-refractivity contribution < 1.29 is 4.74 Å². The van der Waals surface area contributed by atoms with Gasteiger partial charge in [0.2, 0.25) is 0 Å². The predicted molar refractivity (Wildman–Crippen MR) is 75.3 cm³/mol. The zero-order chi connectivity index (χ0) is 13.1. The van der Waals surface area contributed by atoms with Crippen molar-refractivity contribution in [2.75, 3.05) is 13.1 Å². The number of likely N-dealkylation sites (tertiary alicyclic amines) is 1. The van der Waals surface area contributed by atoms with Gasteiger partial charge in [0.15, 0.2) is 0 Å². The van der Waals surface area contributed by atoms with Crippen molar-refractivity contribution in [3.8, 4) is 5.75 Å². The molecular formula is C16H22N2O. The van der Waals surface area contributed by atoms with Crippen LogP contribution in [0.2, 0.25) is 0 Å². The van der Waals surface area contributed by atoms with E-state index in [9.17, 15) is 0 Å². The van der Waals surface area contributed by atoms with Crippen molar-refractivity contribution in [3.63, 3.8) is 0 Å². The Morgan fingerprint density at radius 3 is 2.53 bits per heavy atom. The van der Waals surface area contributed by atoms with E-state index in [0.717, 1.165) is 18.7 Å². The maximum absolute atomic E-state index is 6.15. The summed E-state index contributed by atoms with van der Waals surface area (Å²) in [6, 6.07) is 8.38. The summed E-state index contributed by atoms with van der Waals surface area (Å²) in [5.74, 6) is 1.00. The molecule has 19 heavy (non-hydrogen) atoms. The molecule has 1 atom stereocenters. The van der Waals surface area contributed by atoms with Gasteiger partial charge in [-0.15, -0.1) is 0 Å². The lowest BCUT2D eigenvalue weighted by atomic mass is 9.44. The first-order valence-electron chi connectivity index (χ1n) is 7.34. The Kier molecular flexibility index (Phi) is 2.31. The van der Waals surface area contributed by atoms with Crippen LogP contribution < -0.4 is 10.5 Å². The summed E-state index contributed by atoms with van der Waals surface area (Å²) in [5.41, 5.74) is 8.10. The predicted octanol–water partition coefficient (Wildman–Crippen LogP) is 2.08. The van der Waals surface area contributed by atoms with E-state index < -0.39 is 0 Å². The topological polar surface area (TPSA) is 38.5 Å². The molecule has 1 heterocycles. The molecular weight excluding hydrogens is 236 g/mol. The largest absolute Gasteiger partial charge is 0.489 e. The number of ether oxygens (including phenoxy) is 1. The Morgan fingerprint density at radius 1 is 1.21 bits per heavy atom. The fourth-order valence-corrected chi connectivity index (χ4v) is 4.21. The number of benzene rings is 1. The zero-order valence-electron chi connectivity index (χ0n) is 11.6. The highest BCUT2D eigenvalue weighted by molar-refractivity contribution is 5.29. The van der Waals surface area contributed by atoms with Crippen LogP contribution in [0.15, 0.2) is 24.3 Å². The molecule has 3 nitrogen and oxygen atoms in total. The minimum atomic E-state index is 0.204. The van der Waals surface area contributed by atoms with Crippen LogP contribution in [0, 0.1) is 6.92 Å². The molecule has 2 N–H and O–H groups in total. The molecule has 0 aromatic heterocycles. The second kappa shape index (κ2) is 3.74. The number of hydrogen-bond donors (Lipinski definition) is 1. The van der Waals surface area contributed by atoms with Gasteiger partial charge < -0.3 is 10.5 Å². The highest BCUT2D eigenvalue weighted by Crippen LogP contribution is 2.62. The van der Waals surface area contributed by atoms with Gasteiger partial charge in [-0.05, 0) is 44.7 Å². The Morgan fingerprint density at radius 2 is 1.89 bits per heavy atom. The zero-order valence-corrected chi connectivity index (χ0v) is 11.6. The maximum atomic E-state index is 6.15. The second-order valence-electron chi connectivity index (χ2n) is 6.90. The molecule has 0 amide bonds. The van der Waals surface area contributed by atoms with Crippen molar-refractivity contribution in [2.24, 2.45) is 5.73 Å². The number of aryl methyl sites for hydroxylation is 1. The smallest absolute Gasteiger partial charge is 0.119 e. The lowest BCUT2D eigenvalue weighted by Gasteiger charge is -2.72. The average molecular weight is 258 g/mol. The van der Waals surface area contributed by atoms with E-state index in [1.54, 1.807) is 0 Å². The van der Waals surface area contributed by atoms with Crippen LogP contribution in [0.4, 0.5) is 0 Å². The van der Waals surface area contributed by atoms with Gasteiger partial charge in [0, 0.05) is 24.2 Å². The van der Waals surface area contributed by atoms with Crippen LogP contribution in [0.1, 0.15) is 31.2 Å². The average Bonchev–Trinajstić information content (AvgIpc) is 2.75. The van der Waals surface area contributed by atoms with Gasteiger partial charge in [-0.3, -0.25) is 4.90 Å². The normalized spacial score (nSPS) is 40.6. The van der Waals surface area contributed by atoms with Crippen molar-refractivity contribution in [3.05, 3.63) is 29.8 Å². The number of rotatable bonds is 3. The summed E-state index contributed by atoms with van der Waals surface area (Å²) in [6.07, 6.45) is 5.12. The fraction of sp³-hybridized carbons (Fsp3) is 0.625. The van der Waals surface area contributed by atoms with Gasteiger partial charge in [-0.2, -0.15) is 0 Å². The summed E-state index contributed by atoms with van der Waals surface area (Å²) in [5, 5.41) is 0.